The lowest BCUT2D eigenvalue weighted by Crippen LogP contribution is -2.55. The van der Waals surface area contributed by atoms with Gasteiger partial charge >= 0.3 is 6.18 Å². The molecule has 0 atom stereocenters. The molecule has 1 saturated heterocycles. The van der Waals surface area contributed by atoms with Crippen LogP contribution in [0.15, 0.2) is 31.1 Å². The molecule has 0 bridgehead atoms. The second-order valence-electron chi connectivity index (χ2n) is 6.60. The standard InChI is InChI=1S/C16H21F3N6O/c1-23-9-13(8-22-23)10-24-5-2-15(3-6-24,25-7-4-20-12-25)14(26)21-11-16(17,18)19/h4,7-9,12H,2-3,5-6,10-11H2,1H3,(H,21,26). The van der Waals surface area contributed by atoms with E-state index in [0.29, 0.717) is 32.5 Å². The molecule has 1 aliphatic heterocycles. The predicted molar refractivity (Wildman–Crippen MR) is 87.0 cm³/mol. The molecule has 7 nitrogen and oxygen atoms in total. The predicted octanol–water partition coefficient (Wildman–Crippen LogP) is 1.29. The fourth-order valence-corrected chi connectivity index (χ4v) is 3.35. The molecule has 0 aliphatic carbocycles. The van der Waals surface area contributed by atoms with Crippen LogP contribution in [0.25, 0.3) is 0 Å². The highest BCUT2D eigenvalue weighted by Crippen LogP contribution is 2.31. The Morgan fingerprint density at radius 2 is 2.08 bits per heavy atom. The van der Waals surface area contributed by atoms with E-state index in [2.05, 4.69) is 15.0 Å². The Labute approximate surface area is 148 Å². The summed E-state index contributed by atoms with van der Waals surface area (Å²) < 4.78 is 40.9. The molecule has 1 N–H and O–H groups in total. The summed E-state index contributed by atoms with van der Waals surface area (Å²) in [7, 11) is 1.84. The minimum absolute atomic E-state index is 0.410. The van der Waals surface area contributed by atoms with Gasteiger partial charge in [-0.3, -0.25) is 14.4 Å². The van der Waals surface area contributed by atoms with Crippen molar-refractivity contribution >= 4 is 5.91 Å². The van der Waals surface area contributed by atoms with Crippen LogP contribution in [0.5, 0.6) is 0 Å². The zero-order valence-electron chi connectivity index (χ0n) is 14.4. The first kappa shape index (κ1) is 18.4. The summed E-state index contributed by atoms with van der Waals surface area (Å²) in [6, 6.07) is 0. The van der Waals surface area contributed by atoms with Gasteiger partial charge in [0.1, 0.15) is 12.1 Å². The topological polar surface area (TPSA) is 68.0 Å². The molecule has 1 amide bonds. The average Bonchev–Trinajstić information content (AvgIpc) is 3.25. The number of alkyl halides is 3. The van der Waals surface area contributed by atoms with Gasteiger partial charge in [0.15, 0.2) is 0 Å². The van der Waals surface area contributed by atoms with Gasteiger partial charge in [-0.15, -0.1) is 0 Å². The molecular weight excluding hydrogens is 349 g/mol. The van der Waals surface area contributed by atoms with E-state index >= 15 is 0 Å². The summed E-state index contributed by atoms with van der Waals surface area (Å²) in [6.07, 6.45) is 4.74. The normalized spacial score (nSPS) is 18.0. The lowest BCUT2D eigenvalue weighted by atomic mass is 9.86. The third-order valence-corrected chi connectivity index (χ3v) is 4.72. The molecule has 3 rings (SSSR count). The molecule has 1 aliphatic rings. The molecule has 26 heavy (non-hydrogen) atoms. The van der Waals surface area contributed by atoms with E-state index in [0.717, 1.165) is 5.56 Å². The van der Waals surface area contributed by atoms with Crippen LogP contribution < -0.4 is 5.32 Å². The van der Waals surface area contributed by atoms with Crippen molar-refractivity contribution in [2.45, 2.75) is 31.1 Å². The van der Waals surface area contributed by atoms with Crippen LogP contribution in [0.1, 0.15) is 18.4 Å². The van der Waals surface area contributed by atoms with Crippen LogP contribution in [0.3, 0.4) is 0 Å². The quantitative estimate of drug-likeness (QED) is 0.861. The highest BCUT2D eigenvalue weighted by atomic mass is 19.4. The second kappa shape index (κ2) is 7.10. The molecule has 2 aromatic heterocycles. The van der Waals surface area contributed by atoms with Gasteiger partial charge in [0.2, 0.25) is 5.91 Å². The minimum Gasteiger partial charge on any atom is -0.345 e. The van der Waals surface area contributed by atoms with E-state index in [1.165, 1.54) is 12.5 Å². The smallest absolute Gasteiger partial charge is 0.345 e. The van der Waals surface area contributed by atoms with Crippen LogP contribution >= 0.6 is 0 Å². The molecule has 0 saturated carbocycles. The lowest BCUT2D eigenvalue weighted by molar-refractivity contribution is -0.145. The highest BCUT2D eigenvalue weighted by molar-refractivity contribution is 5.84. The van der Waals surface area contributed by atoms with Gasteiger partial charge in [0.25, 0.3) is 0 Å². The Morgan fingerprint density at radius 1 is 1.35 bits per heavy atom. The van der Waals surface area contributed by atoms with Gasteiger partial charge in [0.05, 0.1) is 12.5 Å². The molecular formula is C16H21F3N6O. The van der Waals surface area contributed by atoms with Crippen LogP contribution in [0, 0.1) is 0 Å². The number of carbonyl (C=O) groups excluding carboxylic acids is 1. The molecule has 0 radical (unpaired) electrons. The number of piperidine rings is 1. The van der Waals surface area contributed by atoms with Crippen molar-refractivity contribution < 1.29 is 18.0 Å². The van der Waals surface area contributed by atoms with E-state index in [1.807, 2.05) is 18.6 Å². The first-order valence-corrected chi connectivity index (χ1v) is 8.32. The number of hydrogen-bond donors (Lipinski definition) is 1. The Balaban J connectivity index is 1.70. The Morgan fingerprint density at radius 3 is 2.62 bits per heavy atom. The Kier molecular flexibility index (Phi) is 5.03. The first-order chi connectivity index (χ1) is 12.3. The zero-order valence-corrected chi connectivity index (χ0v) is 14.4. The fraction of sp³-hybridized carbons (Fsp3) is 0.562. The van der Waals surface area contributed by atoms with Crippen LogP contribution in [0.2, 0.25) is 0 Å². The van der Waals surface area contributed by atoms with Crippen molar-refractivity contribution in [3.05, 3.63) is 36.7 Å². The SMILES string of the molecule is Cn1cc(CN2CCC(C(=O)NCC(F)(F)F)(n3ccnc3)CC2)cn1. The maximum atomic E-state index is 12.6. The molecule has 142 valence electrons. The number of halogens is 3. The first-order valence-electron chi connectivity index (χ1n) is 8.32. The van der Waals surface area contributed by atoms with Gasteiger partial charge < -0.3 is 9.88 Å². The highest BCUT2D eigenvalue weighted by Gasteiger charge is 2.44. The van der Waals surface area contributed by atoms with Crippen molar-refractivity contribution in [3.8, 4) is 0 Å². The third kappa shape index (κ3) is 4.06. The Bertz CT molecular complexity index is 732. The molecule has 3 heterocycles. The van der Waals surface area contributed by atoms with Gasteiger partial charge in [0, 0.05) is 50.8 Å². The number of amides is 1. The van der Waals surface area contributed by atoms with Gasteiger partial charge in [-0.25, -0.2) is 4.98 Å². The molecule has 0 aromatic carbocycles. The summed E-state index contributed by atoms with van der Waals surface area (Å²) in [5.74, 6) is -0.617. The molecule has 0 unspecified atom stereocenters. The largest absolute Gasteiger partial charge is 0.405 e. The summed E-state index contributed by atoms with van der Waals surface area (Å²) in [4.78, 5) is 18.8. The van der Waals surface area contributed by atoms with Crippen LogP contribution in [0.4, 0.5) is 13.2 Å². The maximum absolute atomic E-state index is 12.6. The van der Waals surface area contributed by atoms with Crippen molar-refractivity contribution in [1.82, 2.24) is 29.5 Å². The van der Waals surface area contributed by atoms with Crippen molar-refractivity contribution in [2.75, 3.05) is 19.6 Å². The van der Waals surface area contributed by atoms with E-state index in [-0.39, 0.29) is 0 Å². The molecule has 0 spiro atoms. The number of imidazole rings is 1. The fourth-order valence-electron chi connectivity index (χ4n) is 3.35. The molecule has 10 heteroatoms. The molecule has 2 aromatic rings. The van der Waals surface area contributed by atoms with Gasteiger partial charge in [-0.2, -0.15) is 18.3 Å². The van der Waals surface area contributed by atoms with Crippen LogP contribution in [-0.4, -0.2) is 55.9 Å². The summed E-state index contributed by atoms with van der Waals surface area (Å²) in [6.45, 7) is 0.540. The minimum atomic E-state index is -4.44. The second-order valence-corrected chi connectivity index (χ2v) is 6.60. The summed E-state index contributed by atoms with van der Waals surface area (Å²) in [5.41, 5.74) is 0.0110. The van der Waals surface area contributed by atoms with Crippen molar-refractivity contribution in [3.63, 3.8) is 0 Å². The summed E-state index contributed by atoms with van der Waals surface area (Å²) in [5, 5.41) is 6.18. The summed E-state index contributed by atoms with van der Waals surface area (Å²) >= 11 is 0. The number of nitrogens with zero attached hydrogens (tertiary/aromatic N) is 5. The van der Waals surface area contributed by atoms with Crippen molar-refractivity contribution in [2.24, 2.45) is 7.05 Å². The number of rotatable bonds is 5. The number of nitrogens with one attached hydrogen (secondary N) is 1. The number of hydrogen-bond acceptors (Lipinski definition) is 4. The number of aryl methyl sites for hydroxylation is 1. The van der Waals surface area contributed by atoms with E-state index in [1.54, 1.807) is 21.6 Å². The average molecular weight is 370 g/mol. The van der Waals surface area contributed by atoms with E-state index in [9.17, 15) is 18.0 Å². The van der Waals surface area contributed by atoms with Crippen LogP contribution in [-0.2, 0) is 23.9 Å². The van der Waals surface area contributed by atoms with Crippen molar-refractivity contribution in [1.29, 1.82) is 0 Å². The Hall–Kier alpha value is -2.36. The van der Waals surface area contributed by atoms with Gasteiger partial charge in [-0.1, -0.05) is 0 Å². The molecule has 1 fully saturated rings. The van der Waals surface area contributed by atoms with Gasteiger partial charge in [-0.05, 0) is 12.8 Å². The number of aromatic nitrogens is 4. The number of likely N-dealkylation sites (tertiary alicyclic amines) is 1. The van der Waals surface area contributed by atoms with E-state index < -0.39 is 24.2 Å². The zero-order chi connectivity index (χ0) is 18.8. The number of carbonyl (C=O) groups is 1. The van der Waals surface area contributed by atoms with E-state index in [4.69, 9.17) is 0 Å². The maximum Gasteiger partial charge on any atom is 0.405 e. The monoisotopic (exact) mass is 370 g/mol. The lowest BCUT2D eigenvalue weighted by Gasteiger charge is -2.41. The third-order valence-electron chi connectivity index (χ3n) is 4.72.